The number of methoxy groups -OCH3 is 1. The van der Waals surface area contributed by atoms with E-state index in [0.717, 1.165) is 12.1 Å². The topological polar surface area (TPSA) is 29.5 Å². The number of aliphatic hydroxyl groups is 1. The molecule has 0 saturated heterocycles. The van der Waals surface area contributed by atoms with Crippen molar-refractivity contribution >= 4 is 0 Å². The number of hydrogen-bond acceptors (Lipinski definition) is 2. The van der Waals surface area contributed by atoms with E-state index in [2.05, 4.69) is 0 Å². The lowest BCUT2D eigenvalue weighted by Gasteiger charge is -2.12. The first-order chi connectivity index (χ1) is 9.51. The molecule has 2 aromatic rings. The molecule has 1 unspecified atom stereocenters. The van der Waals surface area contributed by atoms with Gasteiger partial charge in [0.2, 0.25) is 0 Å². The van der Waals surface area contributed by atoms with E-state index in [1.165, 1.54) is 25.3 Å². The minimum absolute atomic E-state index is 0.0893. The third-order valence-corrected chi connectivity index (χ3v) is 2.97. The zero-order chi connectivity index (χ0) is 14.7. The normalized spacial score (nSPS) is 12.2. The van der Waals surface area contributed by atoms with Crippen molar-refractivity contribution in [2.24, 2.45) is 0 Å². The molecule has 0 aromatic heterocycles. The van der Waals surface area contributed by atoms with Crippen LogP contribution in [-0.4, -0.2) is 12.2 Å². The minimum atomic E-state index is -1.04. The summed E-state index contributed by atoms with van der Waals surface area (Å²) in [5.74, 6) is -2.43. The van der Waals surface area contributed by atoms with Crippen molar-refractivity contribution < 1.29 is 23.0 Å². The van der Waals surface area contributed by atoms with Gasteiger partial charge >= 0.3 is 0 Å². The van der Waals surface area contributed by atoms with Crippen molar-refractivity contribution in [1.82, 2.24) is 0 Å². The lowest BCUT2D eigenvalue weighted by atomic mass is 10.0. The number of hydrogen-bond donors (Lipinski definition) is 1. The first kappa shape index (κ1) is 14.4. The maximum absolute atomic E-state index is 13.5. The Hall–Kier alpha value is -2.01. The molecule has 2 aromatic carbocycles. The summed E-state index contributed by atoms with van der Waals surface area (Å²) in [4.78, 5) is 0. The predicted octanol–water partition coefficient (Wildman–Crippen LogP) is 3.39. The molecule has 5 heteroatoms. The zero-order valence-corrected chi connectivity index (χ0v) is 10.7. The van der Waals surface area contributed by atoms with Gasteiger partial charge in [-0.2, -0.15) is 0 Å². The fourth-order valence-electron chi connectivity index (χ4n) is 1.90. The van der Waals surface area contributed by atoms with Crippen LogP contribution in [0.3, 0.4) is 0 Å². The van der Waals surface area contributed by atoms with Crippen molar-refractivity contribution in [3.8, 4) is 5.75 Å². The second kappa shape index (κ2) is 5.96. The second-order valence-electron chi connectivity index (χ2n) is 4.36. The molecule has 0 aliphatic heterocycles. The SMILES string of the molecule is COc1ccc(CC(O)c2ccc(F)c(F)c2)cc1F. The van der Waals surface area contributed by atoms with Gasteiger partial charge in [0.05, 0.1) is 13.2 Å². The van der Waals surface area contributed by atoms with Crippen molar-refractivity contribution in [2.75, 3.05) is 7.11 Å². The Labute approximate surface area is 114 Å². The second-order valence-corrected chi connectivity index (χ2v) is 4.36. The maximum atomic E-state index is 13.5. The summed E-state index contributed by atoms with van der Waals surface area (Å²) in [5.41, 5.74) is 0.764. The average molecular weight is 282 g/mol. The molecule has 0 saturated carbocycles. The van der Waals surface area contributed by atoms with Gasteiger partial charge in [-0.05, 0) is 35.4 Å². The molecule has 2 rings (SSSR count). The Bertz CT molecular complexity index is 614. The van der Waals surface area contributed by atoms with Gasteiger partial charge in [0, 0.05) is 6.42 Å². The standard InChI is InChI=1S/C15H13F3O2/c1-20-15-5-2-9(6-13(15)18)7-14(19)10-3-4-11(16)12(17)8-10/h2-6,8,14,19H,7H2,1H3. The van der Waals surface area contributed by atoms with E-state index in [-0.39, 0.29) is 17.7 Å². The van der Waals surface area contributed by atoms with Gasteiger partial charge in [-0.1, -0.05) is 12.1 Å². The van der Waals surface area contributed by atoms with Crippen LogP contribution in [0.4, 0.5) is 13.2 Å². The summed E-state index contributed by atoms with van der Waals surface area (Å²) in [6.07, 6.45) is -0.954. The monoisotopic (exact) mass is 282 g/mol. The molecule has 0 radical (unpaired) electrons. The van der Waals surface area contributed by atoms with Gasteiger partial charge in [0.15, 0.2) is 23.2 Å². The molecule has 0 aliphatic carbocycles. The van der Waals surface area contributed by atoms with Crippen LogP contribution in [-0.2, 0) is 6.42 Å². The van der Waals surface area contributed by atoms with E-state index < -0.39 is 23.6 Å². The molecule has 0 spiro atoms. The van der Waals surface area contributed by atoms with E-state index in [4.69, 9.17) is 4.74 Å². The van der Waals surface area contributed by atoms with Crippen molar-refractivity contribution in [2.45, 2.75) is 12.5 Å². The Morgan fingerprint density at radius 3 is 2.35 bits per heavy atom. The Kier molecular flexibility index (Phi) is 4.29. The lowest BCUT2D eigenvalue weighted by Crippen LogP contribution is -2.03. The number of rotatable bonds is 4. The van der Waals surface area contributed by atoms with E-state index in [0.29, 0.717) is 5.56 Å². The largest absolute Gasteiger partial charge is 0.494 e. The van der Waals surface area contributed by atoms with Crippen LogP contribution < -0.4 is 4.74 Å². The van der Waals surface area contributed by atoms with Gasteiger partial charge in [-0.25, -0.2) is 13.2 Å². The summed E-state index contributed by atoms with van der Waals surface area (Å²) in [7, 11) is 1.36. The summed E-state index contributed by atoms with van der Waals surface area (Å²) >= 11 is 0. The Balaban J connectivity index is 2.16. The smallest absolute Gasteiger partial charge is 0.165 e. The number of halogens is 3. The van der Waals surface area contributed by atoms with Crippen LogP contribution in [0.15, 0.2) is 36.4 Å². The Morgan fingerprint density at radius 1 is 1.00 bits per heavy atom. The first-order valence-electron chi connectivity index (χ1n) is 5.96. The van der Waals surface area contributed by atoms with Crippen molar-refractivity contribution in [3.63, 3.8) is 0 Å². The Morgan fingerprint density at radius 2 is 1.75 bits per heavy atom. The van der Waals surface area contributed by atoms with Crippen LogP contribution in [0.5, 0.6) is 5.75 Å². The van der Waals surface area contributed by atoms with E-state index in [1.807, 2.05) is 0 Å². The molecule has 20 heavy (non-hydrogen) atoms. The number of benzene rings is 2. The number of ether oxygens (including phenoxy) is 1. The average Bonchev–Trinajstić information content (AvgIpc) is 2.42. The molecule has 1 atom stereocenters. The van der Waals surface area contributed by atoms with Gasteiger partial charge in [-0.3, -0.25) is 0 Å². The van der Waals surface area contributed by atoms with Crippen molar-refractivity contribution in [1.29, 1.82) is 0 Å². The quantitative estimate of drug-likeness (QED) is 0.931. The van der Waals surface area contributed by atoms with Crippen LogP contribution in [0, 0.1) is 17.5 Å². The molecule has 0 heterocycles. The third-order valence-electron chi connectivity index (χ3n) is 2.97. The number of aliphatic hydroxyl groups excluding tert-OH is 1. The van der Waals surface area contributed by atoms with Gasteiger partial charge in [0.25, 0.3) is 0 Å². The van der Waals surface area contributed by atoms with Crippen molar-refractivity contribution in [3.05, 3.63) is 65.0 Å². The molecule has 106 valence electrons. The van der Waals surface area contributed by atoms with E-state index >= 15 is 0 Å². The van der Waals surface area contributed by atoms with E-state index in [9.17, 15) is 18.3 Å². The van der Waals surface area contributed by atoms with Gasteiger partial charge in [-0.15, -0.1) is 0 Å². The molecular formula is C15H13F3O2. The molecule has 2 nitrogen and oxygen atoms in total. The predicted molar refractivity (Wildman–Crippen MR) is 68.0 cm³/mol. The van der Waals surface area contributed by atoms with Gasteiger partial charge < -0.3 is 9.84 Å². The molecule has 0 bridgehead atoms. The molecule has 1 N–H and O–H groups in total. The van der Waals surface area contributed by atoms with Crippen LogP contribution in [0.2, 0.25) is 0 Å². The van der Waals surface area contributed by atoms with E-state index in [1.54, 1.807) is 6.07 Å². The first-order valence-corrected chi connectivity index (χ1v) is 5.96. The van der Waals surface area contributed by atoms with Crippen LogP contribution >= 0.6 is 0 Å². The third kappa shape index (κ3) is 3.11. The fourth-order valence-corrected chi connectivity index (χ4v) is 1.90. The molecule has 0 amide bonds. The molecule has 0 aliphatic rings. The van der Waals surface area contributed by atoms with Crippen LogP contribution in [0.25, 0.3) is 0 Å². The lowest BCUT2D eigenvalue weighted by molar-refractivity contribution is 0.177. The highest BCUT2D eigenvalue weighted by Crippen LogP contribution is 2.23. The minimum Gasteiger partial charge on any atom is -0.494 e. The maximum Gasteiger partial charge on any atom is 0.165 e. The summed E-state index contributed by atoms with van der Waals surface area (Å²) in [5, 5.41) is 9.96. The van der Waals surface area contributed by atoms with Crippen LogP contribution in [0.1, 0.15) is 17.2 Å². The fraction of sp³-hybridized carbons (Fsp3) is 0.200. The highest BCUT2D eigenvalue weighted by Gasteiger charge is 2.13. The zero-order valence-electron chi connectivity index (χ0n) is 10.7. The highest BCUT2D eigenvalue weighted by molar-refractivity contribution is 5.31. The van der Waals surface area contributed by atoms with Gasteiger partial charge in [0.1, 0.15) is 0 Å². The summed E-state index contributed by atoms with van der Waals surface area (Å²) in [6.45, 7) is 0. The summed E-state index contributed by atoms with van der Waals surface area (Å²) in [6, 6.07) is 7.46. The summed E-state index contributed by atoms with van der Waals surface area (Å²) < 4.78 is 44.2. The highest BCUT2D eigenvalue weighted by atomic mass is 19.2. The molecule has 0 fully saturated rings. The molecular weight excluding hydrogens is 269 g/mol.